The molecule has 1 amide bonds. The summed E-state index contributed by atoms with van der Waals surface area (Å²) in [6.07, 6.45) is 0.379. The highest BCUT2D eigenvalue weighted by molar-refractivity contribution is 6.31. The van der Waals surface area contributed by atoms with E-state index in [0.29, 0.717) is 28.5 Å². The van der Waals surface area contributed by atoms with Crippen molar-refractivity contribution in [2.45, 2.75) is 20.3 Å². The fourth-order valence-electron chi connectivity index (χ4n) is 2.00. The Morgan fingerprint density at radius 3 is 2.59 bits per heavy atom. The molecule has 2 rings (SSSR count). The number of furan rings is 1. The lowest BCUT2D eigenvalue weighted by Gasteiger charge is -2.11. The van der Waals surface area contributed by atoms with Gasteiger partial charge in [-0.1, -0.05) is 25.4 Å². The van der Waals surface area contributed by atoms with Crippen LogP contribution in [-0.4, -0.2) is 17.0 Å². The molecule has 0 aliphatic heterocycles. The molecular weight excluding hydrogens is 306 g/mol. The van der Waals surface area contributed by atoms with E-state index in [0.717, 1.165) is 0 Å². The molecule has 22 heavy (non-hydrogen) atoms. The number of amides is 1. The van der Waals surface area contributed by atoms with Crippen molar-refractivity contribution < 1.29 is 19.1 Å². The average Bonchev–Trinajstić information content (AvgIpc) is 2.87. The van der Waals surface area contributed by atoms with Crippen molar-refractivity contribution in [3.8, 4) is 11.3 Å². The van der Waals surface area contributed by atoms with Crippen LogP contribution in [0, 0.1) is 5.92 Å². The molecule has 0 bridgehead atoms. The second-order valence-electron chi connectivity index (χ2n) is 5.31. The van der Waals surface area contributed by atoms with Crippen LogP contribution >= 0.6 is 11.6 Å². The fourth-order valence-corrected chi connectivity index (χ4v) is 2.18. The predicted octanol–water partition coefficient (Wildman–Crippen LogP) is 4.28. The van der Waals surface area contributed by atoms with Crippen LogP contribution in [0.1, 0.15) is 30.8 Å². The monoisotopic (exact) mass is 321 g/mol. The Kier molecular flexibility index (Phi) is 4.88. The number of hydrogen-bond acceptors (Lipinski definition) is 3. The molecule has 0 spiro atoms. The number of aromatic carboxylic acids is 1. The van der Waals surface area contributed by atoms with Gasteiger partial charge in [-0.25, -0.2) is 4.79 Å². The average molecular weight is 322 g/mol. The van der Waals surface area contributed by atoms with Gasteiger partial charge in [0.25, 0.3) is 0 Å². The first-order valence-corrected chi connectivity index (χ1v) is 7.17. The molecule has 0 aliphatic carbocycles. The highest BCUT2D eigenvalue weighted by Gasteiger charge is 2.15. The number of halogens is 1. The summed E-state index contributed by atoms with van der Waals surface area (Å²) >= 11 is 5.97. The minimum Gasteiger partial charge on any atom is -0.475 e. The molecule has 0 saturated carbocycles. The Labute approximate surface area is 132 Å². The lowest BCUT2D eigenvalue weighted by atomic mass is 10.1. The van der Waals surface area contributed by atoms with E-state index in [1.54, 1.807) is 24.3 Å². The van der Waals surface area contributed by atoms with Crippen LogP contribution in [0.2, 0.25) is 5.02 Å². The van der Waals surface area contributed by atoms with Gasteiger partial charge in [0, 0.05) is 17.0 Å². The second kappa shape index (κ2) is 6.66. The van der Waals surface area contributed by atoms with Crippen molar-refractivity contribution >= 4 is 29.2 Å². The van der Waals surface area contributed by atoms with Gasteiger partial charge in [0.15, 0.2) is 0 Å². The minimum absolute atomic E-state index is 0.136. The van der Waals surface area contributed by atoms with Gasteiger partial charge in [-0.3, -0.25) is 4.79 Å². The van der Waals surface area contributed by atoms with Gasteiger partial charge in [0.05, 0.1) is 5.69 Å². The number of carbonyl (C=O) groups is 2. The summed E-state index contributed by atoms with van der Waals surface area (Å²) in [5.41, 5.74) is 1.07. The fraction of sp³-hybridized carbons (Fsp3) is 0.250. The van der Waals surface area contributed by atoms with E-state index in [9.17, 15) is 9.59 Å². The van der Waals surface area contributed by atoms with Crippen molar-refractivity contribution in [1.29, 1.82) is 0 Å². The zero-order valence-corrected chi connectivity index (χ0v) is 13.0. The Hall–Kier alpha value is -2.27. The van der Waals surface area contributed by atoms with Crippen molar-refractivity contribution in [1.82, 2.24) is 0 Å². The van der Waals surface area contributed by atoms with E-state index >= 15 is 0 Å². The minimum atomic E-state index is -1.15. The number of benzene rings is 1. The van der Waals surface area contributed by atoms with Crippen LogP contribution in [-0.2, 0) is 4.79 Å². The molecule has 116 valence electrons. The SMILES string of the molecule is CC(C)CC(=O)Nc1cc(Cl)ccc1-c1ccc(C(=O)O)o1. The molecule has 1 aromatic heterocycles. The number of carboxylic acid groups (broad SMARTS) is 1. The summed E-state index contributed by atoms with van der Waals surface area (Å²) in [7, 11) is 0. The zero-order chi connectivity index (χ0) is 16.3. The molecule has 0 unspecified atom stereocenters. The van der Waals surface area contributed by atoms with Gasteiger partial charge >= 0.3 is 5.97 Å². The van der Waals surface area contributed by atoms with E-state index in [1.165, 1.54) is 6.07 Å². The number of carboxylic acids is 1. The van der Waals surface area contributed by atoms with E-state index in [-0.39, 0.29) is 17.6 Å². The molecule has 0 radical (unpaired) electrons. The standard InChI is InChI=1S/C16H16ClNO4/c1-9(2)7-15(19)18-12-8-10(17)3-4-11(12)13-5-6-14(22-13)16(20)21/h3-6,8-9H,7H2,1-2H3,(H,18,19)(H,20,21). The number of nitrogens with one attached hydrogen (secondary N) is 1. The van der Waals surface area contributed by atoms with E-state index in [1.807, 2.05) is 13.8 Å². The van der Waals surface area contributed by atoms with Crippen LogP contribution in [0.15, 0.2) is 34.7 Å². The molecular formula is C16H16ClNO4. The first-order valence-electron chi connectivity index (χ1n) is 6.79. The molecule has 1 heterocycles. The highest BCUT2D eigenvalue weighted by Crippen LogP contribution is 2.32. The summed E-state index contributed by atoms with van der Waals surface area (Å²) in [6, 6.07) is 7.85. The predicted molar refractivity (Wildman–Crippen MR) is 84.2 cm³/mol. The number of anilines is 1. The van der Waals surface area contributed by atoms with Crippen LogP contribution < -0.4 is 5.32 Å². The molecule has 6 heteroatoms. The topological polar surface area (TPSA) is 79.5 Å². The maximum Gasteiger partial charge on any atom is 0.371 e. The molecule has 0 saturated heterocycles. The van der Waals surface area contributed by atoms with Crippen LogP contribution in [0.3, 0.4) is 0 Å². The first kappa shape index (κ1) is 16.1. The van der Waals surface area contributed by atoms with Gasteiger partial charge in [-0.15, -0.1) is 0 Å². The summed E-state index contributed by atoms with van der Waals surface area (Å²) < 4.78 is 5.28. The number of hydrogen-bond donors (Lipinski definition) is 2. The quantitative estimate of drug-likeness (QED) is 0.861. The van der Waals surface area contributed by atoms with E-state index in [2.05, 4.69) is 5.32 Å². The van der Waals surface area contributed by atoms with Gasteiger partial charge in [0.1, 0.15) is 5.76 Å². The molecule has 1 aromatic carbocycles. The van der Waals surface area contributed by atoms with Crippen molar-refractivity contribution in [2.24, 2.45) is 5.92 Å². The van der Waals surface area contributed by atoms with Gasteiger partial charge in [0.2, 0.25) is 11.7 Å². The largest absolute Gasteiger partial charge is 0.475 e. The van der Waals surface area contributed by atoms with Crippen molar-refractivity contribution in [2.75, 3.05) is 5.32 Å². The van der Waals surface area contributed by atoms with Gasteiger partial charge in [-0.05, 0) is 36.2 Å². The number of carbonyl (C=O) groups excluding carboxylic acids is 1. The lowest BCUT2D eigenvalue weighted by molar-refractivity contribution is -0.116. The highest BCUT2D eigenvalue weighted by atomic mass is 35.5. The third-order valence-electron chi connectivity index (χ3n) is 2.93. The Balaban J connectivity index is 2.34. The summed E-state index contributed by atoms with van der Waals surface area (Å²) in [5, 5.41) is 12.2. The molecule has 0 atom stereocenters. The summed E-state index contributed by atoms with van der Waals surface area (Å²) in [5.74, 6) is -0.864. The van der Waals surface area contributed by atoms with Crippen molar-refractivity contribution in [3.05, 3.63) is 41.1 Å². The maximum atomic E-state index is 12.0. The molecule has 2 aromatic rings. The lowest BCUT2D eigenvalue weighted by Crippen LogP contribution is -2.14. The second-order valence-corrected chi connectivity index (χ2v) is 5.74. The molecule has 2 N–H and O–H groups in total. The molecule has 5 nitrogen and oxygen atoms in total. The Morgan fingerprint density at radius 2 is 2.00 bits per heavy atom. The van der Waals surface area contributed by atoms with Crippen LogP contribution in [0.5, 0.6) is 0 Å². The zero-order valence-electron chi connectivity index (χ0n) is 12.2. The maximum absolute atomic E-state index is 12.0. The summed E-state index contributed by atoms with van der Waals surface area (Å²) in [4.78, 5) is 22.9. The Morgan fingerprint density at radius 1 is 1.27 bits per heavy atom. The molecule has 0 fully saturated rings. The molecule has 0 aliphatic rings. The van der Waals surface area contributed by atoms with E-state index < -0.39 is 5.97 Å². The van der Waals surface area contributed by atoms with Crippen molar-refractivity contribution in [3.63, 3.8) is 0 Å². The van der Waals surface area contributed by atoms with Gasteiger partial charge < -0.3 is 14.8 Å². The third kappa shape index (κ3) is 3.89. The van der Waals surface area contributed by atoms with Gasteiger partial charge in [-0.2, -0.15) is 0 Å². The summed E-state index contributed by atoms with van der Waals surface area (Å²) in [6.45, 7) is 3.90. The van der Waals surface area contributed by atoms with Crippen LogP contribution in [0.4, 0.5) is 5.69 Å². The van der Waals surface area contributed by atoms with Crippen LogP contribution in [0.25, 0.3) is 11.3 Å². The number of rotatable bonds is 5. The first-order chi connectivity index (χ1) is 10.4. The third-order valence-corrected chi connectivity index (χ3v) is 3.17. The smallest absolute Gasteiger partial charge is 0.371 e. The normalized spacial score (nSPS) is 10.7. The Bertz CT molecular complexity index is 706. The van der Waals surface area contributed by atoms with E-state index in [4.69, 9.17) is 21.1 Å².